The fourth-order valence-electron chi connectivity index (χ4n) is 5.02. The molecule has 3 aliphatic rings. The maximum absolute atomic E-state index is 13.7. The zero-order valence-corrected chi connectivity index (χ0v) is 13.6. The Hall–Kier alpha value is -1.68. The van der Waals surface area contributed by atoms with E-state index in [1.165, 1.54) is 0 Å². The van der Waals surface area contributed by atoms with Gasteiger partial charge in [0.05, 0.1) is 23.5 Å². The van der Waals surface area contributed by atoms with Crippen LogP contribution in [-0.2, 0) is 9.53 Å². The monoisotopic (exact) mass is 316 g/mol. The number of aryl methyl sites for hydroxylation is 3. The summed E-state index contributed by atoms with van der Waals surface area (Å²) >= 11 is 0. The topological polar surface area (TPSA) is 46.5 Å². The van der Waals surface area contributed by atoms with E-state index >= 15 is 0 Å². The number of ketones is 1. The molecule has 2 heterocycles. The fourth-order valence-corrected chi connectivity index (χ4v) is 5.02. The Bertz CT molecular complexity index is 728. The molecule has 3 nitrogen and oxygen atoms in total. The number of carbonyl (C=O) groups excluding carboxylic acids is 1. The lowest BCUT2D eigenvalue weighted by Crippen LogP contribution is -2.40. The predicted octanol–water partition coefficient (Wildman–Crippen LogP) is 3.60. The van der Waals surface area contributed by atoms with Crippen LogP contribution in [0.1, 0.15) is 35.1 Å². The minimum absolute atomic E-state index is 0.0369. The molecule has 1 aromatic carbocycles. The van der Waals surface area contributed by atoms with Gasteiger partial charge in [-0.3, -0.25) is 4.79 Å². The van der Waals surface area contributed by atoms with Gasteiger partial charge in [0.1, 0.15) is 18.0 Å². The van der Waals surface area contributed by atoms with Crippen LogP contribution in [0.25, 0.3) is 5.57 Å². The third kappa shape index (κ3) is 1.76. The van der Waals surface area contributed by atoms with Crippen LogP contribution in [0, 0.1) is 32.6 Å². The standard InChI is InChI=1S/C19H21FO3/c1-9-6-10(2)13(11(3)7-9)15-17(21)14-12-4-5-19(8-20,23-12)16(14)18(15)22/h6-7,12,14,16,22H,4-5,8H2,1-3H3/t12-,14-,16+,19?/m0/s1. The Kier molecular flexibility index (Phi) is 3.02. The van der Waals surface area contributed by atoms with Crippen LogP contribution in [0.4, 0.5) is 4.39 Å². The van der Waals surface area contributed by atoms with E-state index in [4.69, 9.17) is 4.74 Å². The first-order valence-electron chi connectivity index (χ1n) is 8.19. The van der Waals surface area contributed by atoms with Gasteiger partial charge in [-0.05, 0) is 50.3 Å². The van der Waals surface area contributed by atoms with Gasteiger partial charge in [-0.1, -0.05) is 17.7 Å². The first kappa shape index (κ1) is 14.9. The maximum atomic E-state index is 13.7. The summed E-state index contributed by atoms with van der Waals surface area (Å²) in [5, 5.41) is 10.8. The van der Waals surface area contributed by atoms with Crippen molar-refractivity contribution in [3.63, 3.8) is 0 Å². The molecule has 1 N–H and O–H groups in total. The number of aliphatic hydroxyl groups is 1. The third-order valence-electron chi connectivity index (χ3n) is 5.82. The first-order chi connectivity index (χ1) is 10.9. The summed E-state index contributed by atoms with van der Waals surface area (Å²) in [4.78, 5) is 13.0. The number of halogens is 1. The van der Waals surface area contributed by atoms with Crippen LogP contribution in [0.15, 0.2) is 17.9 Å². The van der Waals surface area contributed by atoms with Crippen molar-refractivity contribution in [3.8, 4) is 0 Å². The Balaban J connectivity index is 1.90. The van der Waals surface area contributed by atoms with Crippen LogP contribution < -0.4 is 0 Å². The number of rotatable bonds is 2. The second-order valence-corrected chi connectivity index (χ2v) is 7.30. The second kappa shape index (κ2) is 4.67. The Morgan fingerprint density at radius 1 is 1.30 bits per heavy atom. The molecule has 4 rings (SSSR count). The highest BCUT2D eigenvalue weighted by atomic mass is 19.1. The molecule has 4 atom stereocenters. The summed E-state index contributed by atoms with van der Waals surface area (Å²) in [6, 6.07) is 4.03. The number of fused-ring (bicyclic) bond motifs is 5. The number of hydrogen-bond donors (Lipinski definition) is 1. The molecule has 2 fully saturated rings. The van der Waals surface area contributed by atoms with Crippen molar-refractivity contribution < 1.29 is 19.0 Å². The molecule has 2 bridgehead atoms. The molecular weight excluding hydrogens is 295 g/mol. The van der Waals surface area contributed by atoms with Gasteiger partial charge < -0.3 is 9.84 Å². The molecule has 1 aliphatic carbocycles. The lowest BCUT2D eigenvalue weighted by atomic mass is 9.73. The molecule has 23 heavy (non-hydrogen) atoms. The smallest absolute Gasteiger partial charge is 0.173 e. The number of benzene rings is 1. The van der Waals surface area contributed by atoms with Crippen LogP contribution in [-0.4, -0.2) is 29.3 Å². The van der Waals surface area contributed by atoms with Gasteiger partial charge in [-0.2, -0.15) is 0 Å². The maximum Gasteiger partial charge on any atom is 0.173 e. The van der Waals surface area contributed by atoms with Gasteiger partial charge in [-0.15, -0.1) is 0 Å². The van der Waals surface area contributed by atoms with Crippen molar-refractivity contribution >= 4 is 11.4 Å². The molecule has 1 unspecified atom stereocenters. The van der Waals surface area contributed by atoms with Crippen molar-refractivity contribution in [2.45, 2.75) is 45.3 Å². The summed E-state index contributed by atoms with van der Waals surface area (Å²) in [7, 11) is 0. The third-order valence-corrected chi connectivity index (χ3v) is 5.82. The van der Waals surface area contributed by atoms with Crippen molar-refractivity contribution in [2.24, 2.45) is 11.8 Å². The molecule has 4 heteroatoms. The van der Waals surface area contributed by atoms with E-state index in [9.17, 15) is 14.3 Å². The number of alkyl halides is 1. The van der Waals surface area contributed by atoms with E-state index in [2.05, 4.69) is 0 Å². The lowest BCUT2D eigenvalue weighted by molar-refractivity contribution is -0.118. The predicted molar refractivity (Wildman–Crippen MR) is 85.0 cm³/mol. The van der Waals surface area contributed by atoms with E-state index in [0.717, 1.165) is 22.3 Å². The van der Waals surface area contributed by atoms with Gasteiger partial charge in [-0.25, -0.2) is 4.39 Å². The van der Waals surface area contributed by atoms with Gasteiger partial charge in [0.2, 0.25) is 0 Å². The van der Waals surface area contributed by atoms with E-state index in [1.807, 2.05) is 32.9 Å². The number of hydrogen-bond acceptors (Lipinski definition) is 3. The summed E-state index contributed by atoms with van der Waals surface area (Å²) < 4.78 is 19.5. The van der Waals surface area contributed by atoms with E-state index in [-0.39, 0.29) is 17.6 Å². The molecule has 0 radical (unpaired) electrons. The summed E-state index contributed by atoms with van der Waals surface area (Å²) in [6.07, 6.45) is 1.02. The average molecular weight is 316 g/mol. The van der Waals surface area contributed by atoms with Crippen LogP contribution in [0.5, 0.6) is 0 Å². The largest absolute Gasteiger partial charge is 0.511 e. The molecule has 0 spiro atoms. The Morgan fingerprint density at radius 3 is 2.57 bits per heavy atom. The van der Waals surface area contributed by atoms with Crippen LogP contribution in [0.3, 0.4) is 0 Å². The number of aliphatic hydroxyl groups excluding tert-OH is 1. The normalized spacial score (nSPS) is 35.3. The summed E-state index contributed by atoms with van der Waals surface area (Å²) in [5.74, 6) is -0.985. The molecular formula is C19H21FO3. The zero-order valence-electron chi connectivity index (χ0n) is 13.6. The van der Waals surface area contributed by atoms with Crippen molar-refractivity contribution in [2.75, 3.05) is 6.67 Å². The molecule has 0 saturated carbocycles. The highest BCUT2D eigenvalue weighted by Crippen LogP contribution is 2.59. The first-order valence-corrected chi connectivity index (χ1v) is 8.19. The van der Waals surface area contributed by atoms with E-state index in [1.54, 1.807) is 0 Å². The summed E-state index contributed by atoms with van der Waals surface area (Å²) in [5.41, 5.74) is 3.27. The van der Waals surface area contributed by atoms with E-state index < -0.39 is 24.1 Å². The minimum Gasteiger partial charge on any atom is -0.511 e. The Morgan fingerprint density at radius 2 is 1.96 bits per heavy atom. The Labute approximate surface area is 135 Å². The number of allylic oxidation sites excluding steroid dienone is 1. The molecule has 1 aromatic rings. The minimum atomic E-state index is -0.997. The second-order valence-electron chi connectivity index (χ2n) is 7.30. The highest BCUT2D eigenvalue weighted by molar-refractivity contribution is 6.26. The molecule has 122 valence electrons. The van der Waals surface area contributed by atoms with Crippen molar-refractivity contribution in [3.05, 3.63) is 40.1 Å². The highest BCUT2D eigenvalue weighted by Gasteiger charge is 2.66. The number of ether oxygens (including phenoxy) is 1. The number of carbonyl (C=O) groups is 1. The van der Waals surface area contributed by atoms with Crippen molar-refractivity contribution in [1.82, 2.24) is 0 Å². The zero-order chi connectivity index (χ0) is 16.5. The molecule has 0 amide bonds. The van der Waals surface area contributed by atoms with Crippen molar-refractivity contribution in [1.29, 1.82) is 0 Å². The van der Waals surface area contributed by atoms with Crippen LogP contribution >= 0.6 is 0 Å². The van der Waals surface area contributed by atoms with Gasteiger partial charge >= 0.3 is 0 Å². The molecule has 2 aliphatic heterocycles. The lowest BCUT2D eigenvalue weighted by Gasteiger charge is -2.29. The molecule has 0 aromatic heterocycles. The summed E-state index contributed by atoms with van der Waals surface area (Å²) in [6.45, 7) is 5.26. The molecule has 2 saturated heterocycles. The fraction of sp³-hybridized carbons (Fsp3) is 0.526. The average Bonchev–Trinajstić information content (AvgIpc) is 3.12. The van der Waals surface area contributed by atoms with Gasteiger partial charge in [0.25, 0.3) is 0 Å². The van der Waals surface area contributed by atoms with Crippen LogP contribution in [0.2, 0.25) is 0 Å². The number of Topliss-reactive ketones (excluding diaryl/α,β-unsaturated/α-hetero) is 1. The van der Waals surface area contributed by atoms with E-state index in [0.29, 0.717) is 18.4 Å². The van der Waals surface area contributed by atoms with Gasteiger partial charge in [0.15, 0.2) is 5.78 Å². The van der Waals surface area contributed by atoms with Gasteiger partial charge in [0, 0.05) is 0 Å². The SMILES string of the molecule is Cc1cc(C)c(C2=C(O)[C@H]3[C@@H](C2=O)[C@@H]2CCC3(CF)O2)c(C)c1. The quantitative estimate of drug-likeness (QED) is 0.907.